The van der Waals surface area contributed by atoms with Crippen LogP contribution in [-0.2, 0) is 11.3 Å². The van der Waals surface area contributed by atoms with Crippen LogP contribution in [0.5, 0.6) is 0 Å². The number of hydrogen-bond acceptors (Lipinski definition) is 3. The summed E-state index contributed by atoms with van der Waals surface area (Å²) in [6.07, 6.45) is 2.97. The molecule has 3 aliphatic rings. The summed E-state index contributed by atoms with van der Waals surface area (Å²) in [6, 6.07) is 6.11. The molecule has 1 amide bonds. The van der Waals surface area contributed by atoms with E-state index in [2.05, 4.69) is 33.8 Å². The number of likely N-dealkylation sites (tertiary alicyclic amines) is 2. The van der Waals surface area contributed by atoms with Gasteiger partial charge in [-0.15, -0.1) is 0 Å². The summed E-state index contributed by atoms with van der Waals surface area (Å²) < 4.78 is 0. The first-order valence-corrected chi connectivity index (χ1v) is 8.12. The first kappa shape index (κ1) is 13.3. The van der Waals surface area contributed by atoms with Crippen LogP contribution in [0.1, 0.15) is 19.0 Å². The first-order valence-electron chi connectivity index (χ1n) is 8.12. The minimum absolute atomic E-state index is 0.341. The molecule has 4 nitrogen and oxygen atoms in total. The maximum atomic E-state index is 12.3. The number of hydrogen-bond donors (Lipinski definition) is 0. The largest absolute Gasteiger partial charge is 0.342 e. The number of nitrogens with zero attached hydrogens (tertiary/aromatic N) is 3. The quantitative estimate of drug-likeness (QED) is 0.847. The summed E-state index contributed by atoms with van der Waals surface area (Å²) in [6.45, 7) is 7.32. The lowest BCUT2D eigenvalue weighted by molar-refractivity contribution is -0.132. The van der Waals surface area contributed by atoms with Crippen LogP contribution in [0.25, 0.3) is 0 Å². The van der Waals surface area contributed by atoms with Crippen molar-refractivity contribution in [2.45, 2.75) is 19.9 Å². The Morgan fingerprint density at radius 1 is 1.24 bits per heavy atom. The van der Waals surface area contributed by atoms with Crippen LogP contribution in [-0.4, -0.2) is 46.9 Å². The molecule has 3 heterocycles. The number of pyridine rings is 1. The molecule has 0 bridgehead atoms. The van der Waals surface area contributed by atoms with E-state index in [0.29, 0.717) is 29.6 Å². The Bertz CT molecular complexity index is 518. The van der Waals surface area contributed by atoms with E-state index in [-0.39, 0.29) is 0 Å². The molecule has 1 aliphatic carbocycles. The van der Waals surface area contributed by atoms with Gasteiger partial charge >= 0.3 is 0 Å². The Hall–Kier alpha value is -1.42. The number of amides is 1. The topological polar surface area (TPSA) is 36.4 Å². The molecule has 4 rings (SSSR count). The van der Waals surface area contributed by atoms with Gasteiger partial charge in [0.1, 0.15) is 0 Å². The van der Waals surface area contributed by atoms with Crippen LogP contribution < -0.4 is 0 Å². The van der Waals surface area contributed by atoms with Crippen LogP contribution in [0, 0.1) is 23.7 Å². The van der Waals surface area contributed by atoms with Crippen molar-refractivity contribution in [1.82, 2.24) is 14.8 Å². The summed E-state index contributed by atoms with van der Waals surface area (Å²) in [5, 5.41) is 0. The van der Waals surface area contributed by atoms with E-state index < -0.39 is 0 Å². The second-order valence-corrected chi connectivity index (χ2v) is 7.10. The lowest BCUT2D eigenvalue weighted by Crippen LogP contribution is -2.34. The molecule has 0 radical (unpaired) electrons. The molecule has 112 valence electrons. The van der Waals surface area contributed by atoms with E-state index in [9.17, 15) is 4.79 Å². The van der Waals surface area contributed by atoms with Gasteiger partial charge in [0.2, 0.25) is 5.91 Å². The average molecular weight is 285 g/mol. The molecule has 2 aliphatic heterocycles. The fourth-order valence-corrected chi connectivity index (χ4v) is 4.02. The Labute approximate surface area is 126 Å². The van der Waals surface area contributed by atoms with E-state index in [1.807, 2.05) is 12.3 Å². The zero-order valence-corrected chi connectivity index (χ0v) is 12.6. The van der Waals surface area contributed by atoms with E-state index in [0.717, 1.165) is 44.8 Å². The van der Waals surface area contributed by atoms with Crippen molar-refractivity contribution >= 4 is 5.91 Å². The molecule has 1 aromatic heterocycles. The number of rotatable bonds is 3. The second kappa shape index (κ2) is 5.09. The number of carbonyl (C=O) groups excluding carboxylic acids is 1. The Morgan fingerprint density at radius 3 is 2.52 bits per heavy atom. The maximum absolute atomic E-state index is 12.3. The van der Waals surface area contributed by atoms with Crippen LogP contribution in [0.4, 0.5) is 0 Å². The fraction of sp³-hybridized carbons (Fsp3) is 0.647. The predicted molar refractivity (Wildman–Crippen MR) is 80.3 cm³/mol. The van der Waals surface area contributed by atoms with Gasteiger partial charge in [-0.05, 0) is 36.3 Å². The average Bonchev–Trinajstić information content (AvgIpc) is 2.90. The third-order valence-corrected chi connectivity index (χ3v) is 5.41. The van der Waals surface area contributed by atoms with Crippen molar-refractivity contribution in [1.29, 1.82) is 0 Å². The number of fused-ring (bicyclic) bond motifs is 1. The van der Waals surface area contributed by atoms with E-state index in [1.54, 1.807) is 0 Å². The Morgan fingerprint density at radius 2 is 1.95 bits per heavy atom. The minimum Gasteiger partial charge on any atom is -0.342 e. The monoisotopic (exact) mass is 285 g/mol. The smallest absolute Gasteiger partial charge is 0.225 e. The molecule has 1 saturated carbocycles. The van der Waals surface area contributed by atoms with Gasteiger partial charge in [-0.25, -0.2) is 0 Å². The van der Waals surface area contributed by atoms with E-state index in [4.69, 9.17) is 0 Å². The summed E-state index contributed by atoms with van der Waals surface area (Å²) in [4.78, 5) is 21.4. The molecule has 4 heteroatoms. The van der Waals surface area contributed by atoms with Gasteiger partial charge < -0.3 is 4.90 Å². The highest BCUT2D eigenvalue weighted by molar-refractivity contribution is 5.81. The fourth-order valence-electron chi connectivity index (χ4n) is 4.02. The van der Waals surface area contributed by atoms with Crippen molar-refractivity contribution < 1.29 is 4.79 Å². The molecule has 1 aromatic rings. The Balaban J connectivity index is 1.32. The molecule has 21 heavy (non-hydrogen) atoms. The van der Waals surface area contributed by atoms with Gasteiger partial charge in [0, 0.05) is 44.8 Å². The van der Waals surface area contributed by atoms with Gasteiger partial charge in [-0.3, -0.25) is 14.7 Å². The first-order chi connectivity index (χ1) is 10.2. The summed E-state index contributed by atoms with van der Waals surface area (Å²) >= 11 is 0. The van der Waals surface area contributed by atoms with Crippen LogP contribution in [0.15, 0.2) is 24.4 Å². The van der Waals surface area contributed by atoms with Gasteiger partial charge in [0.25, 0.3) is 0 Å². The molecule has 3 fully saturated rings. The highest BCUT2D eigenvalue weighted by Crippen LogP contribution is 2.41. The van der Waals surface area contributed by atoms with Gasteiger partial charge in [0.05, 0.1) is 5.69 Å². The third-order valence-electron chi connectivity index (χ3n) is 5.41. The normalized spacial score (nSPS) is 35.0. The standard InChI is InChI=1S/C17H23N3O/c1-12-6-16(12)17(21)20-9-13-7-19(8-14(13)10-20)11-15-4-2-3-5-18-15/h2-5,12-14,16H,6-11H2,1H3/t12?,13-,14-,16?/m1/s1. The SMILES string of the molecule is CC1CC1C(=O)N1C[C@H]2CN(Cc3ccccn3)C[C@@H]2C1. The summed E-state index contributed by atoms with van der Waals surface area (Å²) in [5.74, 6) is 2.73. The van der Waals surface area contributed by atoms with Crippen molar-refractivity contribution in [2.75, 3.05) is 26.2 Å². The van der Waals surface area contributed by atoms with Crippen LogP contribution >= 0.6 is 0 Å². The van der Waals surface area contributed by atoms with Crippen molar-refractivity contribution in [3.05, 3.63) is 30.1 Å². The minimum atomic E-state index is 0.341. The Kier molecular flexibility index (Phi) is 3.21. The molecular weight excluding hydrogens is 262 g/mol. The molecule has 0 N–H and O–H groups in total. The van der Waals surface area contributed by atoms with Gasteiger partial charge in [0.15, 0.2) is 0 Å². The van der Waals surface area contributed by atoms with Crippen LogP contribution in [0.2, 0.25) is 0 Å². The molecule has 2 unspecified atom stereocenters. The summed E-state index contributed by atoms with van der Waals surface area (Å²) in [5.41, 5.74) is 1.15. The van der Waals surface area contributed by atoms with Crippen molar-refractivity contribution in [3.63, 3.8) is 0 Å². The predicted octanol–water partition coefficient (Wildman–Crippen LogP) is 1.63. The van der Waals surface area contributed by atoms with Crippen molar-refractivity contribution in [3.8, 4) is 0 Å². The number of aromatic nitrogens is 1. The zero-order chi connectivity index (χ0) is 14.4. The molecule has 0 spiro atoms. The van der Waals surface area contributed by atoms with Crippen LogP contribution in [0.3, 0.4) is 0 Å². The molecule has 2 saturated heterocycles. The molecule has 4 atom stereocenters. The van der Waals surface area contributed by atoms with E-state index >= 15 is 0 Å². The highest BCUT2D eigenvalue weighted by Gasteiger charge is 2.47. The number of carbonyl (C=O) groups is 1. The lowest BCUT2D eigenvalue weighted by atomic mass is 10.0. The maximum Gasteiger partial charge on any atom is 0.225 e. The second-order valence-electron chi connectivity index (χ2n) is 7.10. The highest BCUT2D eigenvalue weighted by atomic mass is 16.2. The zero-order valence-electron chi connectivity index (χ0n) is 12.6. The van der Waals surface area contributed by atoms with Gasteiger partial charge in [-0.2, -0.15) is 0 Å². The third kappa shape index (κ3) is 2.57. The van der Waals surface area contributed by atoms with Gasteiger partial charge in [-0.1, -0.05) is 13.0 Å². The molecule has 0 aromatic carbocycles. The molecular formula is C17H23N3O. The van der Waals surface area contributed by atoms with E-state index in [1.165, 1.54) is 0 Å². The summed E-state index contributed by atoms with van der Waals surface area (Å²) in [7, 11) is 0. The lowest BCUT2D eigenvalue weighted by Gasteiger charge is -2.21. The van der Waals surface area contributed by atoms with Crippen molar-refractivity contribution in [2.24, 2.45) is 23.7 Å².